The lowest BCUT2D eigenvalue weighted by molar-refractivity contribution is -0.149. The fraction of sp³-hybridized carbons (Fsp3) is 0.412. The number of halogens is 1. The molecular weight excluding hydrogens is 874 g/mol. The van der Waals surface area contributed by atoms with Crippen molar-refractivity contribution in [3.63, 3.8) is 0 Å². The van der Waals surface area contributed by atoms with Crippen LogP contribution in [0.25, 0.3) is 16.0 Å². The molecule has 1 saturated carbocycles. The summed E-state index contributed by atoms with van der Waals surface area (Å²) in [7, 11) is 0. The summed E-state index contributed by atoms with van der Waals surface area (Å²) in [4.78, 5) is 85.5. The number of likely N-dealkylation sites (tertiary alicyclic amines) is 1. The molecular formula is C51H54ClN7O8. The van der Waals surface area contributed by atoms with Crippen LogP contribution >= 0.6 is 11.6 Å². The number of H-pyrrole nitrogens is 1. The number of benzene rings is 2. The summed E-state index contributed by atoms with van der Waals surface area (Å²) in [5, 5.41) is 17.7. The summed E-state index contributed by atoms with van der Waals surface area (Å²) in [6.45, 7) is 11.3. The number of aliphatic hydroxyl groups excluding tert-OH is 1. The van der Waals surface area contributed by atoms with Crippen molar-refractivity contribution in [1.29, 1.82) is 0 Å². The van der Waals surface area contributed by atoms with Gasteiger partial charge in [-0.15, -0.1) is 0 Å². The van der Waals surface area contributed by atoms with Gasteiger partial charge in [0.15, 0.2) is 11.6 Å². The summed E-state index contributed by atoms with van der Waals surface area (Å²) in [5.41, 5.74) is 7.88. The highest BCUT2D eigenvalue weighted by Crippen LogP contribution is 2.53. The van der Waals surface area contributed by atoms with Gasteiger partial charge in [-0.2, -0.15) is 4.85 Å². The molecule has 0 radical (unpaired) electrons. The van der Waals surface area contributed by atoms with Crippen LogP contribution in [0.2, 0.25) is 5.15 Å². The van der Waals surface area contributed by atoms with E-state index in [0.717, 1.165) is 71.3 Å². The van der Waals surface area contributed by atoms with Crippen molar-refractivity contribution in [3.05, 3.63) is 117 Å². The molecule has 15 nitrogen and oxygen atoms in total. The van der Waals surface area contributed by atoms with Crippen LogP contribution in [0.15, 0.2) is 71.3 Å². The number of β-amino-alcohol motifs (C(OH)–C–C–N with tert-alkyl or cyclic N) is 1. The van der Waals surface area contributed by atoms with Crippen LogP contribution in [-0.2, 0) is 19.2 Å². The number of hydrogen-bond donors (Lipinski definition) is 5. The van der Waals surface area contributed by atoms with Crippen LogP contribution in [0.5, 0.6) is 0 Å². The molecule has 0 atom stereocenters. The van der Waals surface area contributed by atoms with Crippen molar-refractivity contribution in [3.8, 4) is 0 Å². The fourth-order valence-corrected chi connectivity index (χ4v) is 9.90. The first-order chi connectivity index (χ1) is 32.1. The lowest BCUT2D eigenvalue weighted by atomic mass is 9.61. The average Bonchev–Trinajstić information content (AvgIpc) is 3.97. The SMILES string of the molecule is O=C1CC(c2ccc(NC(=O)c3ncc(Cl)[nH]3)c(C3=CCC4(CCC4)CC3)c2)CC(=O)N1.[C-]#[N+]c1ccc(C(=O)Nc2ccc(C3CC(=O)N(CCO)C(=O)C3)cc2C2=CCC(C)(C)CC2)o1. The van der Waals surface area contributed by atoms with Gasteiger partial charge in [0, 0.05) is 60.0 Å². The zero-order valence-corrected chi connectivity index (χ0v) is 38.4. The van der Waals surface area contributed by atoms with E-state index in [1.165, 1.54) is 43.2 Å². The molecule has 2 aromatic heterocycles. The van der Waals surface area contributed by atoms with Crippen LogP contribution in [0, 0.1) is 17.4 Å². The lowest BCUT2D eigenvalue weighted by Crippen LogP contribution is -2.44. The maximum absolute atomic E-state index is 12.8. The van der Waals surface area contributed by atoms with Crippen molar-refractivity contribution < 1.29 is 38.3 Å². The summed E-state index contributed by atoms with van der Waals surface area (Å²) >= 11 is 5.87. The highest BCUT2D eigenvalue weighted by molar-refractivity contribution is 6.29. The van der Waals surface area contributed by atoms with Gasteiger partial charge in [-0.3, -0.25) is 39.0 Å². The Morgan fingerprint density at radius 1 is 0.836 bits per heavy atom. The van der Waals surface area contributed by atoms with Crippen molar-refractivity contribution >= 4 is 75.4 Å². The standard InChI is InChI=1S/C27H29N3O5.C24H25ClN4O3/c1-27(2)10-8-17(9-11-27)20-14-18(19-15-24(32)30(12-13-31)25(33)16-19)4-5-21(20)29-26(34)22-6-7-23(28-3)35-22;25-19-13-26-22(28-19)23(32)27-18-3-2-15(16-11-20(30)29-21(31)12-16)10-17(18)14-4-8-24(9-5-14)6-1-7-24/h4-8,14,19,31H,9-13,15-16H2,1-2H3,(H,29,34);2-4,10,13,16H,1,5-9,11-12H2,(H,26,28)(H,27,32)(H,29,30,31). The van der Waals surface area contributed by atoms with Gasteiger partial charge in [-0.25, -0.2) is 4.98 Å². The zero-order chi connectivity index (χ0) is 47.5. The maximum atomic E-state index is 12.8. The van der Waals surface area contributed by atoms with E-state index in [-0.39, 0.29) is 103 Å². The molecule has 348 valence electrons. The third-order valence-corrected chi connectivity index (χ3v) is 14.1. The normalized spacial score (nSPS) is 19.3. The smallest absolute Gasteiger partial charge is 0.346 e. The summed E-state index contributed by atoms with van der Waals surface area (Å²) in [6, 6.07) is 14.3. The number of rotatable bonds is 10. The van der Waals surface area contributed by atoms with Crippen molar-refractivity contribution in [2.75, 3.05) is 23.8 Å². The highest BCUT2D eigenvalue weighted by atomic mass is 35.5. The molecule has 2 aromatic carbocycles. The van der Waals surface area contributed by atoms with Crippen LogP contribution in [-0.4, -0.2) is 68.6 Å². The number of aliphatic hydroxyl groups is 1. The molecule has 5 aliphatic rings. The molecule has 0 bridgehead atoms. The molecule has 4 heterocycles. The van der Waals surface area contributed by atoms with Gasteiger partial charge in [-0.1, -0.05) is 56.2 Å². The number of aromatic amines is 1. The molecule has 1 spiro atoms. The van der Waals surface area contributed by atoms with Gasteiger partial charge < -0.3 is 25.1 Å². The third kappa shape index (κ3) is 10.8. The second-order valence-corrected chi connectivity index (χ2v) is 19.5. The van der Waals surface area contributed by atoms with Crippen molar-refractivity contribution in [1.82, 2.24) is 20.2 Å². The highest BCUT2D eigenvalue weighted by Gasteiger charge is 2.38. The number of amides is 6. The van der Waals surface area contributed by atoms with E-state index in [1.54, 1.807) is 6.07 Å². The molecule has 6 amide bonds. The Morgan fingerprint density at radius 3 is 1.93 bits per heavy atom. The Morgan fingerprint density at radius 2 is 1.43 bits per heavy atom. The van der Waals surface area contributed by atoms with Gasteiger partial charge in [0.05, 0.1) is 25.9 Å². The number of furan rings is 1. The summed E-state index contributed by atoms with van der Waals surface area (Å²) < 4.78 is 5.27. The Labute approximate surface area is 393 Å². The molecule has 3 aliphatic carbocycles. The number of anilines is 2. The quantitative estimate of drug-likeness (QED) is 0.0757. The Hall–Kier alpha value is -6.63. The number of nitrogens with one attached hydrogen (secondary N) is 4. The molecule has 0 unspecified atom stereocenters. The molecule has 67 heavy (non-hydrogen) atoms. The third-order valence-electron chi connectivity index (χ3n) is 13.9. The number of piperidine rings is 2. The fourth-order valence-electron chi connectivity index (χ4n) is 9.76. The second kappa shape index (κ2) is 19.7. The van der Waals surface area contributed by atoms with E-state index in [0.29, 0.717) is 21.9 Å². The molecule has 9 rings (SSSR count). The monoisotopic (exact) mass is 927 g/mol. The Bertz CT molecular complexity index is 2700. The Balaban J connectivity index is 0.000000182. The van der Waals surface area contributed by atoms with Gasteiger partial charge in [-0.05, 0) is 121 Å². The number of imide groups is 2. The van der Waals surface area contributed by atoms with Gasteiger partial charge in [0.25, 0.3) is 11.8 Å². The predicted octanol–water partition coefficient (Wildman–Crippen LogP) is 9.47. The van der Waals surface area contributed by atoms with Gasteiger partial charge in [0.1, 0.15) is 5.15 Å². The summed E-state index contributed by atoms with van der Waals surface area (Å²) in [6.07, 6.45) is 16.6. The lowest BCUT2D eigenvalue weighted by Gasteiger charge is -2.44. The summed E-state index contributed by atoms with van der Waals surface area (Å²) in [5.74, 6) is -2.07. The minimum atomic E-state index is -0.451. The Kier molecular flexibility index (Phi) is 13.8. The van der Waals surface area contributed by atoms with E-state index in [2.05, 4.69) is 56.8 Å². The zero-order valence-electron chi connectivity index (χ0n) is 37.6. The molecule has 2 saturated heterocycles. The maximum Gasteiger partial charge on any atom is 0.346 e. The first-order valence-electron chi connectivity index (χ1n) is 22.9. The number of allylic oxidation sites excluding steroid dienone is 4. The first-order valence-corrected chi connectivity index (χ1v) is 23.2. The number of hydrogen-bond acceptors (Lipinski definition) is 9. The largest absolute Gasteiger partial charge is 0.475 e. The first kappa shape index (κ1) is 46.9. The van der Waals surface area contributed by atoms with E-state index < -0.39 is 5.91 Å². The van der Waals surface area contributed by atoms with E-state index in [1.807, 2.05) is 30.3 Å². The average molecular weight is 928 g/mol. The van der Waals surface area contributed by atoms with E-state index >= 15 is 0 Å². The number of carbonyl (C=O) groups is 6. The van der Waals surface area contributed by atoms with Crippen LogP contribution in [0.1, 0.15) is 153 Å². The molecule has 3 fully saturated rings. The van der Waals surface area contributed by atoms with Gasteiger partial charge >= 0.3 is 5.88 Å². The molecule has 4 aromatic rings. The molecule has 5 N–H and O–H groups in total. The van der Waals surface area contributed by atoms with Crippen LogP contribution in [0.4, 0.5) is 17.3 Å². The number of aromatic nitrogens is 2. The van der Waals surface area contributed by atoms with Crippen LogP contribution < -0.4 is 16.0 Å². The van der Waals surface area contributed by atoms with E-state index in [4.69, 9.17) is 27.7 Å². The number of nitrogens with zero attached hydrogens (tertiary/aromatic N) is 3. The van der Waals surface area contributed by atoms with Crippen molar-refractivity contribution in [2.24, 2.45) is 10.8 Å². The topological polar surface area (TPSA) is 208 Å². The van der Waals surface area contributed by atoms with Gasteiger partial charge in [0.2, 0.25) is 23.6 Å². The molecule has 2 aliphatic heterocycles. The minimum Gasteiger partial charge on any atom is -0.475 e. The van der Waals surface area contributed by atoms with Crippen molar-refractivity contribution in [2.45, 2.75) is 109 Å². The molecule has 16 heteroatoms. The second-order valence-electron chi connectivity index (χ2n) is 19.1. The number of imidazole rings is 1. The number of carbonyl (C=O) groups excluding carboxylic acids is 6. The minimum absolute atomic E-state index is 0.0191. The van der Waals surface area contributed by atoms with E-state index in [9.17, 15) is 28.8 Å². The predicted molar refractivity (Wildman–Crippen MR) is 252 cm³/mol. The van der Waals surface area contributed by atoms with Crippen LogP contribution in [0.3, 0.4) is 0 Å².